The molecule has 2 rings (SSSR count). The summed E-state index contributed by atoms with van der Waals surface area (Å²) < 4.78 is 18.1. The normalized spacial score (nSPS) is 15.8. The van der Waals surface area contributed by atoms with E-state index in [4.69, 9.17) is 4.74 Å². The van der Waals surface area contributed by atoms with E-state index in [0.717, 1.165) is 26.2 Å². The monoisotopic (exact) mass is 281 g/mol. The van der Waals surface area contributed by atoms with Crippen LogP contribution in [0.1, 0.15) is 0 Å². The Balaban J connectivity index is 1.58. The molecule has 110 valence electrons. The van der Waals surface area contributed by atoms with E-state index in [9.17, 15) is 9.18 Å². The molecule has 5 nitrogen and oxygen atoms in total. The third-order valence-corrected chi connectivity index (χ3v) is 3.08. The maximum atomic E-state index is 12.7. The van der Waals surface area contributed by atoms with Gasteiger partial charge in [-0.25, -0.2) is 4.39 Å². The van der Waals surface area contributed by atoms with Crippen LogP contribution in [0.5, 0.6) is 5.75 Å². The Morgan fingerprint density at radius 1 is 1.30 bits per heavy atom. The van der Waals surface area contributed by atoms with Gasteiger partial charge in [-0.1, -0.05) is 0 Å². The second kappa shape index (κ2) is 7.81. The number of benzene rings is 1. The average molecular weight is 281 g/mol. The van der Waals surface area contributed by atoms with Crippen molar-refractivity contribution in [3.05, 3.63) is 30.1 Å². The van der Waals surface area contributed by atoms with E-state index >= 15 is 0 Å². The Kier molecular flexibility index (Phi) is 5.76. The molecule has 1 saturated heterocycles. The van der Waals surface area contributed by atoms with Crippen LogP contribution in [0.25, 0.3) is 0 Å². The minimum Gasteiger partial charge on any atom is -0.492 e. The van der Waals surface area contributed by atoms with E-state index < -0.39 is 0 Å². The maximum absolute atomic E-state index is 12.7. The lowest BCUT2D eigenvalue weighted by molar-refractivity contribution is -0.122. The summed E-state index contributed by atoms with van der Waals surface area (Å²) in [5.74, 6) is 0.319. The molecule has 0 saturated carbocycles. The molecule has 1 aromatic carbocycles. The van der Waals surface area contributed by atoms with E-state index in [2.05, 4.69) is 15.5 Å². The zero-order valence-electron chi connectivity index (χ0n) is 11.4. The third kappa shape index (κ3) is 5.14. The summed E-state index contributed by atoms with van der Waals surface area (Å²) in [7, 11) is 0. The lowest BCUT2D eigenvalue weighted by Gasteiger charge is -2.26. The minimum absolute atomic E-state index is 0.00889. The molecule has 1 amide bonds. The highest BCUT2D eigenvalue weighted by atomic mass is 19.1. The molecule has 1 heterocycles. The first-order valence-corrected chi connectivity index (χ1v) is 6.82. The highest BCUT2D eigenvalue weighted by molar-refractivity contribution is 5.78. The number of nitrogens with one attached hydrogen (secondary N) is 2. The van der Waals surface area contributed by atoms with Gasteiger partial charge in [-0.2, -0.15) is 0 Å². The van der Waals surface area contributed by atoms with Gasteiger partial charge in [-0.05, 0) is 24.3 Å². The van der Waals surface area contributed by atoms with Gasteiger partial charge in [0.25, 0.3) is 0 Å². The molecule has 0 atom stereocenters. The summed E-state index contributed by atoms with van der Waals surface area (Å²) in [5, 5.41) is 6.05. The van der Waals surface area contributed by atoms with Gasteiger partial charge in [0.05, 0.1) is 13.1 Å². The van der Waals surface area contributed by atoms with Crippen LogP contribution >= 0.6 is 0 Å². The average Bonchev–Trinajstić information content (AvgIpc) is 2.46. The van der Waals surface area contributed by atoms with Gasteiger partial charge in [-0.15, -0.1) is 0 Å². The smallest absolute Gasteiger partial charge is 0.234 e. The van der Waals surface area contributed by atoms with Gasteiger partial charge in [0, 0.05) is 26.2 Å². The number of amides is 1. The van der Waals surface area contributed by atoms with Crippen molar-refractivity contribution in [3.63, 3.8) is 0 Å². The number of carbonyl (C=O) groups is 1. The SMILES string of the molecule is O=C(CN1CCNCC1)NCCOc1ccc(F)cc1. The van der Waals surface area contributed by atoms with Crippen LogP contribution in [0.2, 0.25) is 0 Å². The Morgan fingerprint density at radius 3 is 2.70 bits per heavy atom. The molecule has 0 aromatic heterocycles. The predicted octanol–water partition coefficient (Wildman–Crippen LogP) is 0.226. The lowest BCUT2D eigenvalue weighted by Crippen LogP contribution is -2.47. The van der Waals surface area contributed by atoms with Crippen LogP contribution in [0, 0.1) is 5.82 Å². The number of rotatable bonds is 6. The van der Waals surface area contributed by atoms with Crippen molar-refractivity contribution in [2.45, 2.75) is 0 Å². The van der Waals surface area contributed by atoms with E-state index in [1.165, 1.54) is 12.1 Å². The molecule has 0 unspecified atom stereocenters. The Labute approximate surface area is 118 Å². The standard InChI is InChI=1S/C14H20FN3O2/c15-12-1-3-13(4-2-12)20-10-7-17-14(19)11-18-8-5-16-6-9-18/h1-4,16H,5-11H2,(H,17,19). The van der Waals surface area contributed by atoms with E-state index in [0.29, 0.717) is 25.4 Å². The predicted molar refractivity (Wildman–Crippen MR) is 74.2 cm³/mol. The molecule has 0 aliphatic carbocycles. The van der Waals surface area contributed by atoms with Gasteiger partial charge < -0.3 is 15.4 Å². The number of ether oxygens (including phenoxy) is 1. The van der Waals surface area contributed by atoms with E-state index in [-0.39, 0.29) is 11.7 Å². The van der Waals surface area contributed by atoms with Gasteiger partial charge in [-0.3, -0.25) is 9.69 Å². The number of hydrogen-bond acceptors (Lipinski definition) is 4. The van der Waals surface area contributed by atoms with Gasteiger partial charge in [0.2, 0.25) is 5.91 Å². The van der Waals surface area contributed by atoms with Crippen LogP contribution in [0.3, 0.4) is 0 Å². The van der Waals surface area contributed by atoms with Crippen molar-refractivity contribution < 1.29 is 13.9 Å². The van der Waals surface area contributed by atoms with Gasteiger partial charge in [0.1, 0.15) is 18.2 Å². The maximum Gasteiger partial charge on any atom is 0.234 e. The highest BCUT2D eigenvalue weighted by Gasteiger charge is 2.12. The minimum atomic E-state index is -0.290. The van der Waals surface area contributed by atoms with Crippen molar-refractivity contribution >= 4 is 5.91 Å². The number of carbonyl (C=O) groups excluding carboxylic acids is 1. The quantitative estimate of drug-likeness (QED) is 0.733. The highest BCUT2D eigenvalue weighted by Crippen LogP contribution is 2.10. The summed E-state index contributed by atoms with van der Waals surface area (Å²) in [5.41, 5.74) is 0. The molecule has 2 N–H and O–H groups in total. The van der Waals surface area contributed by atoms with E-state index in [1.807, 2.05) is 0 Å². The van der Waals surface area contributed by atoms with Crippen LogP contribution in [0.4, 0.5) is 4.39 Å². The fourth-order valence-electron chi connectivity index (χ4n) is 2.02. The van der Waals surface area contributed by atoms with Gasteiger partial charge in [0.15, 0.2) is 0 Å². The summed E-state index contributed by atoms with van der Waals surface area (Å²) >= 11 is 0. The molecule has 20 heavy (non-hydrogen) atoms. The Morgan fingerprint density at radius 2 is 2.00 bits per heavy atom. The fourth-order valence-corrected chi connectivity index (χ4v) is 2.02. The van der Waals surface area contributed by atoms with Gasteiger partial charge >= 0.3 is 0 Å². The molecule has 1 aliphatic rings. The fraction of sp³-hybridized carbons (Fsp3) is 0.500. The summed E-state index contributed by atoms with van der Waals surface area (Å²) in [6, 6.07) is 5.83. The third-order valence-electron chi connectivity index (χ3n) is 3.08. The molecule has 0 bridgehead atoms. The molecule has 1 fully saturated rings. The molecule has 6 heteroatoms. The number of hydrogen-bond donors (Lipinski definition) is 2. The molecule has 0 radical (unpaired) electrons. The zero-order valence-corrected chi connectivity index (χ0v) is 11.4. The summed E-state index contributed by atoms with van der Waals surface area (Å²) in [4.78, 5) is 13.8. The topological polar surface area (TPSA) is 53.6 Å². The number of piperazine rings is 1. The second-order valence-corrected chi connectivity index (χ2v) is 4.68. The molecule has 0 spiro atoms. The number of nitrogens with zero attached hydrogens (tertiary/aromatic N) is 1. The van der Waals surface area contributed by atoms with Crippen molar-refractivity contribution in [3.8, 4) is 5.75 Å². The van der Waals surface area contributed by atoms with Crippen LogP contribution in [0.15, 0.2) is 24.3 Å². The molecular weight excluding hydrogens is 261 g/mol. The first-order chi connectivity index (χ1) is 9.74. The second-order valence-electron chi connectivity index (χ2n) is 4.68. The number of halogens is 1. The van der Waals surface area contributed by atoms with Crippen molar-refractivity contribution in [1.29, 1.82) is 0 Å². The molecular formula is C14H20FN3O2. The molecule has 1 aliphatic heterocycles. The summed E-state index contributed by atoms with van der Waals surface area (Å²) in [6.45, 7) is 4.92. The van der Waals surface area contributed by atoms with Crippen LogP contribution in [-0.2, 0) is 4.79 Å². The first kappa shape index (κ1) is 14.7. The van der Waals surface area contributed by atoms with Crippen molar-refractivity contribution in [1.82, 2.24) is 15.5 Å². The summed E-state index contributed by atoms with van der Waals surface area (Å²) in [6.07, 6.45) is 0. The Hall–Kier alpha value is -1.66. The lowest BCUT2D eigenvalue weighted by atomic mass is 10.3. The first-order valence-electron chi connectivity index (χ1n) is 6.82. The van der Waals surface area contributed by atoms with Crippen molar-refractivity contribution in [2.75, 3.05) is 45.9 Å². The van der Waals surface area contributed by atoms with E-state index in [1.54, 1.807) is 12.1 Å². The van der Waals surface area contributed by atoms with Crippen molar-refractivity contribution in [2.24, 2.45) is 0 Å². The largest absolute Gasteiger partial charge is 0.492 e. The Bertz CT molecular complexity index is 419. The van der Waals surface area contributed by atoms with Crippen LogP contribution in [-0.4, -0.2) is 56.7 Å². The zero-order chi connectivity index (χ0) is 14.2. The molecule has 1 aromatic rings. The van der Waals surface area contributed by atoms with Crippen LogP contribution < -0.4 is 15.4 Å².